The molecule has 1 N–H and O–H groups in total. The lowest BCUT2D eigenvalue weighted by Gasteiger charge is -2.25. The predicted molar refractivity (Wildman–Crippen MR) is 105 cm³/mol. The van der Waals surface area contributed by atoms with Crippen molar-refractivity contribution in [3.05, 3.63) is 78.4 Å². The summed E-state index contributed by atoms with van der Waals surface area (Å²) in [5.74, 6) is 0. The standard InChI is InChI=1S/C21H27N5/c1-17(18-7-9-20(10-8-18)26-14-5-13-23-26)24-21(11-15-25(2)3)19-6-4-12-22-16-19/h4-10,12-14,16-17,21,24H,11,15H2,1-3H3. The van der Waals surface area contributed by atoms with E-state index in [2.05, 4.69) is 71.7 Å². The highest BCUT2D eigenvalue weighted by Crippen LogP contribution is 2.23. The smallest absolute Gasteiger partial charge is 0.0645 e. The van der Waals surface area contributed by atoms with Crippen molar-refractivity contribution in [3.63, 3.8) is 0 Å². The molecule has 2 atom stereocenters. The molecule has 0 radical (unpaired) electrons. The Bertz CT molecular complexity index is 766. The Morgan fingerprint density at radius 3 is 2.46 bits per heavy atom. The fraction of sp³-hybridized carbons (Fsp3) is 0.333. The first-order chi connectivity index (χ1) is 12.6. The van der Waals surface area contributed by atoms with Crippen LogP contribution < -0.4 is 5.32 Å². The molecule has 5 heteroatoms. The van der Waals surface area contributed by atoms with E-state index < -0.39 is 0 Å². The minimum Gasteiger partial charge on any atom is -0.309 e. The number of rotatable bonds is 8. The summed E-state index contributed by atoms with van der Waals surface area (Å²) in [6, 6.07) is 15.2. The maximum absolute atomic E-state index is 4.29. The van der Waals surface area contributed by atoms with Crippen LogP contribution in [0.3, 0.4) is 0 Å². The van der Waals surface area contributed by atoms with Gasteiger partial charge < -0.3 is 10.2 Å². The molecule has 2 heterocycles. The van der Waals surface area contributed by atoms with Gasteiger partial charge in [-0.05, 0) is 69.4 Å². The summed E-state index contributed by atoms with van der Waals surface area (Å²) >= 11 is 0. The lowest BCUT2D eigenvalue weighted by atomic mass is 10.0. The molecule has 136 valence electrons. The Labute approximate surface area is 155 Å². The third-order valence-corrected chi connectivity index (χ3v) is 4.56. The van der Waals surface area contributed by atoms with Crippen molar-refractivity contribution in [1.29, 1.82) is 0 Å². The van der Waals surface area contributed by atoms with Gasteiger partial charge in [0.15, 0.2) is 0 Å². The van der Waals surface area contributed by atoms with Gasteiger partial charge in [-0.2, -0.15) is 5.10 Å². The number of pyridine rings is 1. The zero-order chi connectivity index (χ0) is 18.4. The quantitative estimate of drug-likeness (QED) is 0.675. The van der Waals surface area contributed by atoms with E-state index in [0.717, 1.165) is 18.7 Å². The Morgan fingerprint density at radius 2 is 1.85 bits per heavy atom. The summed E-state index contributed by atoms with van der Waals surface area (Å²) < 4.78 is 1.87. The fourth-order valence-electron chi connectivity index (χ4n) is 3.05. The van der Waals surface area contributed by atoms with Crippen molar-refractivity contribution >= 4 is 0 Å². The third-order valence-electron chi connectivity index (χ3n) is 4.56. The van der Waals surface area contributed by atoms with E-state index in [1.807, 2.05) is 35.4 Å². The van der Waals surface area contributed by atoms with Gasteiger partial charge in [0.1, 0.15) is 0 Å². The SMILES string of the molecule is CC(NC(CCN(C)C)c1cccnc1)c1ccc(-n2cccn2)cc1. The monoisotopic (exact) mass is 349 g/mol. The molecule has 0 aliphatic carbocycles. The summed E-state index contributed by atoms with van der Waals surface area (Å²) in [6.45, 7) is 3.24. The van der Waals surface area contributed by atoms with Gasteiger partial charge in [-0.15, -0.1) is 0 Å². The van der Waals surface area contributed by atoms with Crippen molar-refractivity contribution < 1.29 is 0 Å². The van der Waals surface area contributed by atoms with Crippen molar-refractivity contribution in [2.75, 3.05) is 20.6 Å². The molecular weight excluding hydrogens is 322 g/mol. The molecule has 2 unspecified atom stereocenters. The molecule has 0 aliphatic heterocycles. The summed E-state index contributed by atoms with van der Waals surface area (Å²) in [5.41, 5.74) is 3.57. The lowest BCUT2D eigenvalue weighted by molar-refractivity contribution is 0.347. The van der Waals surface area contributed by atoms with Crippen molar-refractivity contribution in [1.82, 2.24) is 25.0 Å². The number of hydrogen-bond donors (Lipinski definition) is 1. The highest BCUT2D eigenvalue weighted by molar-refractivity contribution is 5.35. The Kier molecular flexibility index (Phi) is 6.15. The van der Waals surface area contributed by atoms with E-state index in [4.69, 9.17) is 0 Å². The second-order valence-corrected chi connectivity index (χ2v) is 6.86. The summed E-state index contributed by atoms with van der Waals surface area (Å²) in [4.78, 5) is 6.51. The molecule has 2 aromatic heterocycles. The molecule has 3 aromatic rings. The first kappa shape index (κ1) is 18.3. The predicted octanol–water partition coefficient (Wildman–Crippen LogP) is 3.61. The van der Waals surface area contributed by atoms with Crippen LogP contribution in [0.5, 0.6) is 0 Å². The number of nitrogens with one attached hydrogen (secondary N) is 1. The summed E-state index contributed by atoms with van der Waals surface area (Å²) in [5, 5.41) is 8.05. The van der Waals surface area contributed by atoms with Crippen LogP contribution in [-0.2, 0) is 0 Å². The van der Waals surface area contributed by atoms with Gasteiger partial charge in [-0.25, -0.2) is 4.68 Å². The van der Waals surface area contributed by atoms with Crippen LogP contribution in [0.4, 0.5) is 0 Å². The van der Waals surface area contributed by atoms with Crippen LogP contribution in [0, 0.1) is 0 Å². The number of nitrogens with zero attached hydrogens (tertiary/aromatic N) is 4. The molecule has 0 saturated heterocycles. The van der Waals surface area contributed by atoms with E-state index in [0.29, 0.717) is 0 Å². The molecule has 0 fully saturated rings. The molecule has 0 saturated carbocycles. The van der Waals surface area contributed by atoms with E-state index >= 15 is 0 Å². The molecule has 26 heavy (non-hydrogen) atoms. The first-order valence-corrected chi connectivity index (χ1v) is 9.04. The summed E-state index contributed by atoms with van der Waals surface area (Å²) in [7, 11) is 4.22. The van der Waals surface area contributed by atoms with Gasteiger partial charge >= 0.3 is 0 Å². The van der Waals surface area contributed by atoms with Gasteiger partial charge in [0.25, 0.3) is 0 Å². The Hall–Kier alpha value is -2.50. The normalized spacial score (nSPS) is 13.7. The van der Waals surface area contributed by atoms with E-state index in [9.17, 15) is 0 Å². The van der Waals surface area contributed by atoms with E-state index in [-0.39, 0.29) is 12.1 Å². The van der Waals surface area contributed by atoms with Crippen molar-refractivity contribution in [3.8, 4) is 5.69 Å². The van der Waals surface area contributed by atoms with Crippen LogP contribution >= 0.6 is 0 Å². The second-order valence-electron chi connectivity index (χ2n) is 6.86. The van der Waals surface area contributed by atoms with Gasteiger partial charge in [-0.3, -0.25) is 4.98 Å². The summed E-state index contributed by atoms with van der Waals surface area (Å²) in [6.07, 6.45) is 8.57. The first-order valence-electron chi connectivity index (χ1n) is 9.04. The maximum Gasteiger partial charge on any atom is 0.0645 e. The van der Waals surface area contributed by atoms with Gasteiger partial charge in [-0.1, -0.05) is 18.2 Å². The Morgan fingerprint density at radius 1 is 1.04 bits per heavy atom. The number of hydrogen-bond acceptors (Lipinski definition) is 4. The minimum absolute atomic E-state index is 0.244. The average Bonchev–Trinajstić information content (AvgIpc) is 3.20. The number of benzene rings is 1. The third kappa shape index (κ3) is 4.77. The van der Waals surface area contributed by atoms with Crippen LogP contribution in [0.15, 0.2) is 67.3 Å². The maximum atomic E-state index is 4.29. The minimum atomic E-state index is 0.244. The van der Waals surface area contributed by atoms with Crippen molar-refractivity contribution in [2.24, 2.45) is 0 Å². The zero-order valence-corrected chi connectivity index (χ0v) is 15.7. The molecule has 0 bridgehead atoms. The molecule has 3 rings (SSSR count). The van der Waals surface area contributed by atoms with E-state index in [1.165, 1.54) is 11.1 Å². The highest BCUT2D eigenvalue weighted by atomic mass is 15.3. The Balaban J connectivity index is 1.71. The largest absolute Gasteiger partial charge is 0.309 e. The molecule has 1 aromatic carbocycles. The highest BCUT2D eigenvalue weighted by Gasteiger charge is 2.16. The van der Waals surface area contributed by atoms with Crippen LogP contribution in [0.1, 0.15) is 36.6 Å². The van der Waals surface area contributed by atoms with E-state index in [1.54, 1.807) is 6.20 Å². The molecular formula is C21H27N5. The van der Waals surface area contributed by atoms with Gasteiger partial charge in [0.2, 0.25) is 0 Å². The second kappa shape index (κ2) is 8.74. The molecule has 0 amide bonds. The van der Waals surface area contributed by atoms with Gasteiger partial charge in [0, 0.05) is 36.9 Å². The van der Waals surface area contributed by atoms with Gasteiger partial charge in [0.05, 0.1) is 5.69 Å². The average molecular weight is 349 g/mol. The topological polar surface area (TPSA) is 46.0 Å². The zero-order valence-electron chi connectivity index (χ0n) is 15.7. The van der Waals surface area contributed by atoms with Crippen LogP contribution in [0.25, 0.3) is 5.69 Å². The molecule has 5 nitrogen and oxygen atoms in total. The van der Waals surface area contributed by atoms with Crippen LogP contribution in [0.2, 0.25) is 0 Å². The molecule has 0 spiro atoms. The molecule has 0 aliphatic rings. The van der Waals surface area contributed by atoms with Crippen LogP contribution in [-0.4, -0.2) is 40.3 Å². The lowest BCUT2D eigenvalue weighted by Crippen LogP contribution is -2.28. The van der Waals surface area contributed by atoms with Crippen molar-refractivity contribution in [2.45, 2.75) is 25.4 Å². The fourth-order valence-corrected chi connectivity index (χ4v) is 3.05. The number of aromatic nitrogens is 3.